The zero-order valence-corrected chi connectivity index (χ0v) is 10.5. The SMILES string of the molecule is O=C(O)c1ccc(SC2CCS(=O)(=O)C2)nc1. The lowest BCUT2D eigenvalue weighted by Crippen LogP contribution is -2.06. The van der Waals surface area contributed by atoms with Crippen LogP contribution in [0.3, 0.4) is 0 Å². The monoisotopic (exact) mass is 273 g/mol. The summed E-state index contributed by atoms with van der Waals surface area (Å²) in [4.78, 5) is 14.6. The number of carbonyl (C=O) groups is 1. The van der Waals surface area contributed by atoms with E-state index in [0.29, 0.717) is 11.4 Å². The van der Waals surface area contributed by atoms with Gasteiger partial charge in [-0.15, -0.1) is 11.8 Å². The van der Waals surface area contributed by atoms with Crippen molar-refractivity contribution in [1.29, 1.82) is 0 Å². The predicted octanol–water partition coefficient (Wildman–Crippen LogP) is 1.06. The van der Waals surface area contributed by atoms with Crippen molar-refractivity contribution in [1.82, 2.24) is 4.98 Å². The molecule has 1 unspecified atom stereocenters. The third-order valence-electron chi connectivity index (χ3n) is 2.46. The zero-order valence-electron chi connectivity index (χ0n) is 8.87. The lowest BCUT2D eigenvalue weighted by atomic mass is 10.3. The van der Waals surface area contributed by atoms with Gasteiger partial charge in [0.25, 0.3) is 0 Å². The summed E-state index contributed by atoms with van der Waals surface area (Å²) in [5.74, 6) is -0.602. The standard InChI is InChI=1S/C10H11NO4S2/c12-10(13)7-1-2-9(11-5-7)16-8-3-4-17(14,15)6-8/h1-2,5,8H,3-4,6H2,(H,12,13). The molecule has 1 saturated heterocycles. The Labute approximate surface area is 103 Å². The van der Waals surface area contributed by atoms with Crippen molar-refractivity contribution in [3.05, 3.63) is 23.9 Å². The Morgan fingerprint density at radius 2 is 2.24 bits per heavy atom. The molecule has 1 aromatic rings. The molecular formula is C10H11NO4S2. The van der Waals surface area contributed by atoms with E-state index in [1.165, 1.54) is 24.0 Å². The van der Waals surface area contributed by atoms with Crippen LogP contribution in [0.1, 0.15) is 16.8 Å². The molecule has 0 radical (unpaired) electrons. The second-order valence-electron chi connectivity index (χ2n) is 3.83. The van der Waals surface area contributed by atoms with Crippen molar-refractivity contribution in [2.75, 3.05) is 11.5 Å². The highest BCUT2D eigenvalue weighted by Crippen LogP contribution is 2.29. The Bertz CT molecular complexity index is 524. The summed E-state index contributed by atoms with van der Waals surface area (Å²) >= 11 is 1.39. The third kappa shape index (κ3) is 3.19. The molecule has 0 saturated carbocycles. The normalized spacial score (nSPS) is 22.5. The molecule has 0 bridgehead atoms. The van der Waals surface area contributed by atoms with Crippen LogP contribution in [0, 0.1) is 0 Å². The number of pyridine rings is 1. The summed E-state index contributed by atoms with van der Waals surface area (Å²) in [5, 5.41) is 9.40. The number of thioether (sulfide) groups is 1. The van der Waals surface area contributed by atoms with Gasteiger partial charge in [-0.25, -0.2) is 18.2 Å². The van der Waals surface area contributed by atoms with Gasteiger partial charge >= 0.3 is 5.97 Å². The van der Waals surface area contributed by atoms with Gasteiger partial charge in [0.2, 0.25) is 0 Å². The molecule has 92 valence electrons. The molecule has 1 aromatic heterocycles. The van der Waals surface area contributed by atoms with Crippen LogP contribution in [-0.2, 0) is 9.84 Å². The van der Waals surface area contributed by atoms with Crippen molar-refractivity contribution in [3.8, 4) is 0 Å². The van der Waals surface area contributed by atoms with Gasteiger partial charge in [0.05, 0.1) is 22.1 Å². The third-order valence-corrected chi connectivity index (χ3v) is 5.66. The highest BCUT2D eigenvalue weighted by molar-refractivity contribution is 8.01. The van der Waals surface area contributed by atoms with Crippen molar-refractivity contribution >= 4 is 27.6 Å². The highest BCUT2D eigenvalue weighted by atomic mass is 32.2. The Hall–Kier alpha value is -1.08. The van der Waals surface area contributed by atoms with Gasteiger partial charge in [0, 0.05) is 11.4 Å². The molecule has 2 rings (SSSR count). The fourth-order valence-electron chi connectivity index (χ4n) is 1.60. The first kappa shape index (κ1) is 12.4. The molecule has 1 aliphatic rings. The number of rotatable bonds is 3. The summed E-state index contributed by atoms with van der Waals surface area (Å²) in [5.41, 5.74) is 0.133. The minimum absolute atomic E-state index is 0.0307. The van der Waals surface area contributed by atoms with Crippen LogP contribution in [0.25, 0.3) is 0 Å². The largest absolute Gasteiger partial charge is 0.478 e. The molecule has 1 fully saturated rings. The highest BCUT2D eigenvalue weighted by Gasteiger charge is 2.28. The minimum Gasteiger partial charge on any atom is -0.478 e. The van der Waals surface area contributed by atoms with Crippen molar-refractivity contribution in [3.63, 3.8) is 0 Å². The van der Waals surface area contributed by atoms with Crippen LogP contribution in [0.5, 0.6) is 0 Å². The van der Waals surface area contributed by atoms with E-state index in [1.807, 2.05) is 0 Å². The van der Waals surface area contributed by atoms with Gasteiger partial charge in [0.1, 0.15) is 0 Å². The van der Waals surface area contributed by atoms with E-state index in [2.05, 4.69) is 4.98 Å². The van der Waals surface area contributed by atoms with Gasteiger partial charge < -0.3 is 5.11 Å². The molecule has 5 nitrogen and oxygen atoms in total. The minimum atomic E-state index is -2.88. The molecule has 2 heterocycles. The van der Waals surface area contributed by atoms with E-state index in [-0.39, 0.29) is 22.3 Å². The molecule has 17 heavy (non-hydrogen) atoms. The van der Waals surface area contributed by atoms with E-state index in [4.69, 9.17) is 5.11 Å². The van der Waals surface area contributed by atoms with Crippen molar-refractivity contribution in [2.45, 2.75) is 16.7 Å². The van der Waals surface area contributed by atoms with Crippen molar-refractivity contribution in [2.24, 2.45) is 0 Å². The Morgan fingerprint density at radius 3 is 2.71 bits per heavy atom. The number of hydrogen-bond donors (Lipinski definition) is 1. The summed E-state index contributed by atoms with van der Waals surface area (Å²) in [7, 11) is -2.88. The summed E-state index contributed by atoms with van der Waals surface area (Å²) in [6.07, 6.45) is 1.92. The molecule has 1 N–H and O–H groups in total. The number of nitrogens with zero attached hydrogens (tertiary/aromatic N) is 1. The number of carboxylic acids is 1. The van der Waals surface area contributed by atoms with Gasteiger partial charge in [-0.3, -0.25) is 0 Å². The number of aromatic carboxylic acids is 1. The molecule has 0 spiro atoms. The summed E-state index contributed by atoms with van der Waals surface area (Å²) in [6.45, 7) is 0. The fraction of sp³-hybridized carbons (Fsp3) is 0.400. The number of sulfone groups is 1. The zero-order chi connectivity index (χ0) is 12.5. The average Bonchev–Trinajstić information content (AvgIpc) is 2.59. The Morgan fingerprint density at radius 1 is 1.47 bits per heavy atom. The number of carboxylic acid groups (broad SMARTS) is 1. The Kier molecular flexibility index (Phi) is 3.39. The topological polar surface area (TPSA) is 84.3 Å². The second-order valence-corrected chi connectivity index (χ2v) is 7.38. The molecule has 0 aliphatic carbocycles. The maximum atomic E-state index is 11.3. The predicted molar refractivity (Wildman–Crippen MR) is 64.1 cm³/mol. The van der Waals surface area contributed by atoms with Gasteiger partial charge in [-0.2, -0.15) is 0 Å². The first-order valence-electron chi connectivity index (χ1n) is 5.03. The molecule has 7 heteroatoms. The maximum absolute atomic E-state index is 11.3. The lowest BCUT2D eigenvalue weighted by Gasteiger charge is -2.06. The van der Waals surface area contributed by atoms with E-state index >= 15 is 0 Å². The molecule has 0 aromatic carbocycles. The second kappa shape index (κ2) is 4.66. The molecule has 1 aliphatic heterocycles. The van der Waals surface area contributed by atoms with Crippen LogP contribution in [0.15, 0.2) is 23.4 Å². The maximum Gasteiger partial charge on any atom is 0.337 e. The first-order chi connectivity index (χ1) is 7.96. The first-order valence-corrected chi connectivity index (χ1v) is 7.73. The van der Waals surface area contributed by atoms with E-state index in [1.54, 1.807) is 6.07 Å². The molecular weight excluding hydrogens is 262 g/mol. The van der Waals surface area contributed by atoms with Crippen LogP contribution in [0.2, 0.25) is 0 Å². The van der Waals surface area contributed by atoms with E-state index < -0.39 is 15.8 Å². The molecule has 1 atom stereocenters. The van der Waals surface area contributed by atoms with E-state index in [0.717, 1.165) is 0 Å². The quantitative estimate of drug-likeness (QED) is 0.886. The average molecular weight is 273 g/mol. The van der Waals surface area contributed by atoms with Gasteiger partial charge in [-0.05, 0) is 18.6 Å². The van der Waals surface area contributed by atoms with Gasteiger partial charge in [0.15, 0.2) is 9.84 Å². The smallest absolute Gasteiger partial charge is 0.337 e. The van der Waals surface area contributed by atoms with Crippen LogP contribution in [-0.4, -0.2) is 41.2 Å². The fourth-order valence-corrected chi connectivity index (χ4v) is 5.03. The van der Waals surface area contributed by atoms with Crippen LogP contribution < -0.4 is 0 Å². The van der Waals surface area contributed by atoms with Crippen LogP contribution in [0.4, 0.5) is 0 Å². The number of aromatic nitrogens is 1. The molecule has 0 amide bonds. The summed E-state index contributed by atoms with van der Waals surface area (Å²) in [6, 6.07) is 3.08. The van der Waals surface area contributed by atoms with Gasteiger partial charge in [-0.1, -0.05) is 0 Å². The van der Waals surface area contributed by atoms with E-state index in [9.17, 15) is 13.2 Å². The Balaban J connectivity index is 2.03. The van der Waals surface area contributed by atoms with Crippen molar-refractivity contribution < 1.29 is 18.3 Å². The van der Waals surface area contributed by atoms with Crippen LogP contribution >= 0.6 is 11.8 Å². The number of hydrogen-bond acceptors (Lipinski definition) is 5. The summed E-state index contributed by atoms with van der Waals surface area (Å²) < 4.78 is 22.5. The lowest BCUT2D eigenvalue weighted by molar-refractivity contribution is 0.0696.